The Kier molecular flexibility index (Phi) is 4.98. The first-order valence-electron chi connectivity index (χ1n) is 5.55. The lowest BCUT2D eigenvalue weighted by atomic mass is 9.89. The third-order valence-electron chi connectivity index (χ3n) is 3.30. The third kappa shape index (κ3) is 2.69. The summed E-state index contributed by atoms with van der Waals surface area (Å²) in [6, 6.07) is 0. The molecule has 88 valence electrons. The molecule has 1 aliphatic carbocycles. The van der Waals surface area contributed by atoms with Gasteiger partial charge < -0.3 is 13.3 Å². The number of hydrogen-bond acceptors (Lipinski definition) is 3. The van der Waals surface area contributed by atoms with Gasteiger partial charge in [0.05, 0.1) is 0 Å². The van der Waals surface area contributed by atoms with Gasteiger partial charge in [0.15, 0.2) is 0 Å². The van der Waals surface area contributed by atoms with Crippen LogP contribution in [0.4, 0.5) is 0 Å². The van der Waals surface area contributed by atoms with Crippen molar-refractivity contribution >= 4 is 8.80 Å². The molecule has 1 fully saturated rings. The first kappa shape index (κ1) is 12.9. The fraction of sp³-hybridized carbons (Fsp3) is 0.818. The zero-order valence-corrected chi connectivity index (χ0v) is 11.0. The van der Waals surface area contributed by atoms with Crippen molar-refractivity contribution in [3.8, 4) is 0 Å². The average molecular weight is 230 g/mol. The summed E-state index contributed by atoms with van der Waals surface area (Å²) in [6.45, 7) is 4.15. The summed E-state index contributed by atoms with van der Waals surface area (Å²) < 4.78 is 16.3. The molecule has 0 unspecified atom stereocenters. The summed E-state index contributed by atoms with van der Waals surface area (Å²) in [7, 11) is 2.34. The van der Waals surface area contributed by atoms with E-state index in [0.717, 1.165) is 5.20 Å². The van der Waals surface area contributed by atoms with Crippen LogP contribution in [0.5, 0.6) is 0 Å². The predicted octanol–water partition coefficient (Wildman–Crippen LogP) is 2.54. The second kappa shape index (κ2) is 5.79. The minimum atomic E-state index is -2.60. The molecule has 15 heavy (non-hydrogen) atoms. The Bertz CT molecular complexity index is 200. The van der Waals surface area contributed by atoms with E-state index in [2.05, 4.69) is 6.58 Å². The van der Waals surface area contributed by atoms with Crippen LogP contribution in [-0.2, 0) is 13.3 Å². The average Bonchev–Trinajstić information content (AvgIpc) is 2.33. The van der Waals surface area contributed by atoms with Crippen LogP contribution in [0.3, 0.4) is 0 Å². The fourth-order valence-electron chi connectivity index (χ4n) is 2.34. The van der Waals surface area contributed by atoms with Gasteiger partial charge in [0.1, 0.15) is 0 Å². The molecule has 0 amide bonds. The smallest absolute Gasteiger partial charge is 0.374 e. The van der Waals surface area contributed by atoms with Crippen molar-refractivity contribution in [3.05, 3.63) is 11.8 Å². The summed E-state index contributed by atoms with van der Waals surface area (Å²) in [5.74, 6) is 0.519. The Morgan fingerprint density at radius 1 is 1.00 bits per heavy atom. The molecule has 0 bridgehead atoms. The highest BCUT2D eigenvalue weighted by atomic mass is 28.4. The summed E-state index contributed by atoms with van der Waals surface area (Å²) in [5.41, 5.74) is 0. The molecule has 0 saturated heterocycles. The van der Waals surface area contributed by atoms with Crippen LogP contribution in [0.25, 0.3) is 0 Å². The van der Waals surface area contributed by atoms with Gasteiger partial charge >= 0.3 is 8.80 Å². The van der Waals surface area contributed by atoms with Gasteiger partial charge in [-0.25, -0.2) is 0 Å². The lowest BCUT2D eigenvalue weighted by Gasteiger charge is -2.32. The molecule has 0 aromatic rings. The second-order valence-corrected chi connectivity index (χ2v) is 7.01. The molecular weight excluding hydrogens is 208 g/mol. The SMILES string of the molecule is C=C(C1CCCCC1)[Si](OC)(OC)OC. The van der Waals surface area contributed by atoms with E-state index < -0.39 is 8.80 Å². The van der Waals surface area contributed by atoms with Crippen LogP contribution < -0.4 is 0 Å². The summed E-state index contributed by atoms with van der Waals surface area (Å²) in [4.78, 5) is 0. The topological polar surface area (TPSA) is 27.7 Å². The number of rotatable bonds is 5. The van der Waals surface area contributed by atoms with Gasteiger partial charge in [0.2, 0.25) is 0 Å². The molecule has 1 aliphatic rings. The predicted molar refractivity (Wildman–Crippen MR) is 62.5 cm³/mol. The van der Waals surface area contributed by atoms with Gasteiger partial charge in [-0.15, -0.1) is 0 Å². The molecule has 0 N–H and O–H groups in total. The normalized spacial score (nSPS) is 19.1. The summed E-state index contributed by atoms with van der Waals surface area (Å²) in [6.07, 6.45) is 6.30. The Balaban J connectivity index is 2.70. The minimum Gasteiger partial charge on any atom is -0.374 e. The highest BCUT2D eigenvalue weighted by Gasteiger charge is 2.44. The standard InChI is InChI=1S/C11H22O3Si/c1-10(11-8-6-5-7-9-11)15(12-2,13-3)14-4/h11H,1,5-9H2,2-4H3. The van der Waals surface area contributed by atoms with Crippen LogP contribution in [0, 0.1) is 5.92 Å². The summed E-state index contributed by atoms with van der Waals surface area (Å²) >= 11 is 0. The molecule has 0 aromatic heterocycles. The van der Waals surface area contributed by atoms with Crippen molar-refractivity contribution in [1.29, 1.82) is 0 Å². The van der Waals surface area contributed by atoms with Crippen molar-refractivity contribution < 1.29 is 13.3 Å². The van der Waals surface area contributed by atoms with Crippen molar-refractivity contribution in [1.82, 2.24) is 0 Å². The maximum atomic E-state index is 5.45. The second-order valence-electron chi connectivity index (χ2n) is 4.03. The molecular formula is C11H22O3Si. The van der Waals surface area contributed by atoms with Gasteiger partial charge in [-0.1, -0.05) is 25.8 Å². The monoisotopic (exact) mass is 230 g/mol. The number of allylic oxidation sites excluding steroid dienone is 1. The van der Waals surface area contributed by atoms with Crippen LogP contribution in [0.1, 0.15) is 32.1 Å². The fourth-order valence-corrected chi connectivity index (χ4v) is 4.42. The van der Waals surface area contributed by atoms with E-state index in [1.807, 2.05) is 0 Å². The third-order valence-corrected chi connectivity index (χ3v) is 6.10. The maximum Gasteiger partial charge on any atom is 0.531 e. The molecule has 0 heterocycles. The Morgan fingerprint density at radius 2 is 1.47 bits per heavy atom. The highest BCUT2D eigenvalue weighted by Crippen LogP contribution is 2.34. The van der Waals surface area contributed by atoms with Crippen LogP contribution in [-0.4, -0.2) is 30.1 Å². The number of hydrogen-bond donors (Lipinski definition) is 0. The van der Waals surface area contributed by atoms with Gasteiger partial charge in [-0.3, -0.25) is 0 Å². The van der Waals surface area contributed by atoms with Crippen molar-refractivity contribution in [2.45, 2.75) is 32.1 Å². The minimum absolute atomic E-state index is 0.519. The van der Waals surface area contributed by atoms with Gasteiger partial charge in [-0.05, 0) is 24.0 Å². The van der Waals surface area contributed by atoms with E-state index in [1.54, 1.807) is 21.3 Å². The van der Waals surface area contributed by atoms with E-state index in [-0.39, 0.29) is 0 Å². The van der Waals surface area contributed by atoms with Gasteiger partial charge in [-0.2, -0.15) is 0 Å². The molecule has 1 rings (SSSR count). The maximum absolute atomic E-state index is 5.45. The first-order valence-corrected chi connectivity index (χ1v) is 7.27. The van der Waals surface area contributed by atoms with E-state index in [0.29, 0.717) is 5.92 Å². The molecule has 0 aromatic carbocycles. The molecule has 0 radical (unpaired) electrons. The van der Waals surface area contributed by atoms with Crippen LogP contribution in [0.2, 0.25) is 0 Å². The Labute approximate surface area is 93.8 Å². The highest BCUT2D eigenvalue weighted by molar-refractivity contribution is 6.68. The van der Waals surface area contributed by atoms with E-state index in [4.69, 9.17) is 13.3 Å². The van der Waals surface area contributed by atoms with E-state index >= 15 is 0 Å². The Morgan fingerprint density at radius 3 is 1.87 bits per heavy atom. The van der Waals surface area contributed by atoms with E-state index in [1.165, 1.54) is 32.1 Å². The largest absolute Gasteiger partial charge is 0.531 e. The van der Waals surface area contributed by atoms with Crippen molar-refractivity contribution in [2.24, 2.45) is 5.92 Å². The Hall–Kier alpha value is -0.163. The lowest BCUT2D eigenvalue weighted by molar-refractivity contribution is 0.129. The molecule has 4 heteroatoms. The molecule has 0 atom stereocenters. The van der Waals surface area contributed by atoms with Crippen LogP contribution in [0.15, 0.2) is 11.8 Å². The van der Waals surface area contributed by atoms with Crippen molar-refractivity contribution in [2.75, 3.05) is 21.3 Å². The quantitative estimate of drug-likeness (QED) is 0.679. The van der Waals surface area contributed by atoms with Crippen molar-refractivity contribution in [3.63, 3.8) is 0 Å². The lowest BCUT2D eigenvalue weighted by Crippen LogP contribution is -2.47. The zero-order valence-electron chi connectivity index (χ0n) is 10.0. The first-order chi connectivity index (χ1) is 7.20. The van der Waals surface area contributed by atoms with Crippen LogP contribution >= 0.6 is 0 Å². The molecule has 0 aliphatic heterocycles. The van der Waals surface area contributed by atoms with Gasteiger partial charge in [0.25, 0.3) is 0 Å². The summed E-state index contributed by atoms with van der Waals surface area (Å²) in [5, 5.41) is 1.05. The van der Waals surface area contributed by atoms with E-state index in [9.17, 15) is 0 Å². The molecule has 1 saturated carbocycles. The zero-order chi connectivity index (χ0) is 11.3. The van der Waals surface area contributed by atoms with Gasteiger partial charge in [0, 0.05) is 21.3 Å². The molecule has 0 spiro atoms. The molecule has 3 nitrogen and oxygen atoms in total.